The normalized spacial score (nSPS) is 13.2. The van der Waals surface area contributed by atoms with Crippen LogP contribution in [0, 0.1) is 0 Å². The van der Waals surface area contributed by atoms with E-state index in [1.807, 2.05) is 0 Å². The van der Waals surface area contributed by atoms with Crippen LogP contribution in [-0.2, 0) is 4.74 Å². The monoisotopic (exact) mass is 217 g/mol. The summed E-state index contributed by atoms with van der Waals surface area (Å²) < 4.78 is 5.09. The molecule has 3 heteroatoms. The maximum atomic E-state index is 5.09. The fourth-order valence-corrected chi connectivity index (χ4v) is 1.36. The minimum absolute atomic E-state index is 0.585. The number of methoxy groups -OCH3 is 1. The summed E-state index contributed by atoms with van der Waals surface area (Å²) >= 11 is 4.22. The molecule has 84 valence electrons. The largest absolute Gasteiger partial charge is 0.383 e. The molecule has 0 aliphatic heterocycles. The van der Waals surface area contributed by atoms with Crippen LogP contribution in [0.3, 0.4) is 0 Å². The number of hydrogen-bond acceptors (Lipinski definition) is 3. The zero-order chi connectivity index (χ0) is 11.0. The number of rotatable bonds is 8. The molecule has 0 saturated heterocycles. The Hall–Kier alpha value is 0.01000. The molecule has 0 spiro atoms. The molecule has 0 bridgehead atoms. The molecule has 0 aromatic rings. The second kappa shape index (κ2) is 8.33. The first-order valence-electron chi connectivity index (χ1n) is 5.16. The van der Waals surface area contributed by atoms with E-state index in [0.29, 0.717) is 6.04 Å². The smallest absolute Gasteiger partial charge is 0.0589 e. The molecule has 0 aliphatic carbocycles. The van der Waals surface area contributed by atoms with Gasteiger partial charge in [-0.15, -0.1) is 0 Å². The molecule has 0 saturated carbocycles. The van der Waals surface area contributed by atoms with E-state index in [0.717, 1.165) is 31.9 Å². The molecule has 0 aliphatic rings. The van der Waals surface area contributed by atoms with Crippen LogP contribution in [0.15, 0.2) is 12.2 Å². The van der Waals surface area contributed by atoms with E-state index in [2.05, 4.69) is 38.0 Å². The van der Waals surface area contributed by atoms with E-state index >= 15 is 0 Å². The summed E-state index contributed by atoms with van der Waals surface area (Å²) in [6, 6.07) is 0.585. The van der Waals surface area contributed by atoms with Crippen LogP contribution in [0.25, 0.3) is 0 Å². The first kappa shape index (κ1) is 14.0. The van der Waals surface area contributed by atoms with Gasteiger partial charge in [0, 0.05) is 32.0 Å². The molecular weight excluding hydrogens is 194 g/mol. The molecule has 14 heavy (non-hydrogen) atoms. The molecule has 0 aromatic carbocycles. The van der Waals surface area contributed by atoms with Gasteiger partial charge in [0.25, 0.3) is 0 Å². The number of nitrogens with zero attached hydrogens (tertiary/aromatic N) is 1. The van der Waals surface area contributed by atoms with E-state index in [9.17, 15) is 0 Å². The van der Waals surface area contributed by atoms with Crippen molar-refractivity contribution in [1.29, 1.82) is 0 Å². The van der Waals surface area contributed by atoms with Crippen molar-refractivity contribution in [3.8, 4) is 0 Å². The van der Waals surface area contributed by atoms with Gasteiger partial charge in [-0.05, 0) is 13.3 Å². The Morgan fingerprint density at radius 2 is 2.21 bits per heavy atom. The van der Waals surface area contributed by atoms with E-state index in [-0.39, 0.29) is 0 Å². The molecule has 0 aromatic heterocycles. The SMILES string of the molecule is C=C(CS)CN(CCOC)C(C)CC. The minimum atomic E-state index is 0.585. The fraction of sp³-hybridized carbons (Fsp3) is 0.818. The molecule has 2 nitrogen and oxygen atoms in total. The quantitative estimate of drug-likeness (QED) is 0.494. The predicted octanol–water partition coefficient (Wildman–Crippen LogP) is 2.22. The molecule has 0 N–H and O–H groups in total. The summed E-state index contributed by atoms with van der Waals surface area (Å²) in [5.41, 5.74) is 1.17. The lowest BCUT2D eigenvalue weighted by atomic mass is 10.2. The average molecular weight is 217 g/mol. The molecule has 0 fully saturated rings. The third kappa shape index (κ3) is 5.68. The molecule has 1 unspecified atom stereocenters. The van der Waals surface area contributed by atoms with Crippen molar-refractivity contribution in [2.75, 3.05) is 32.6 Å². The third-order valence-corrected chi connectivity index (χ3v) is 2.89. The Bertz CT molecular complexity index is 161. The van der Waals surface area contributed by atoms with Crippen molar-refractivity contribution >= 4 is 12.6 Å². The Morgan fingerprint density at radius 3 is 2.64 bits per heavy atom. The molecule has 0 rings (SSSR count). The summed E-state index contributed by atoms with van der Waals surface area (Å²) in [6.45, 7) is 11.1. The Balaban J connectivity index is 4.02. The summed E-state index contributed by atoms with van der Waals surface area (Å²) in [5, 5.41) is 0. The van der Waals surface area contributed by atoms with Crippen molar-refractivity contribution in [3.05, 3.63) is 12.2 Å². The standard InChI is InChI=1S/C11H23NOS/c1-5-11(3)12(6-7-13-4)8-10(2)9-14/h11,14H,2,5-9H2,1,3-4H3. The van der Waals surface area contributed by atoms with Crippen molar-refractivity contribution in [2.45, 2.75) is 26.3 Å². The van der Waals surface area contributed by atoms with E-state index in [1.54, 1.807) is 7.11 Å². The van der Waals surface area contributed by atoms with Gasteiger partial charge in [-0.1, -0.05) is 19.1 Å². The van der Waals surface area contributed by atoms with Crippen molar-refractivity contribution in [3.63, 3.8) is 0 Å². The average Bonchev–Trinajstić information content (AvgIpc) is 2.22. The van der Waals surface area contributed by atoms with Gasteiger partial charge in [-0.25, -0.2) is 0 Å². The first-order valence-corrected chi connectivity index (χ1v) is 5.79. The topological polar surface area (TPSA) is 12.5 Å². The lowest BCUT2D eigenvalue weighted by Gasteiger charge is -2.28. The zero-order valence-electron chi connectivity index (χ0n) is 9.62. The van der Waals surface area contributed by atoms with Gasteiger partial charge in [0.15, 0.2) is 0 Å². The molecule has 0 heterocycles. The molecule has 0 amide bonds. The molecular formula is C11H23NOS. The lowest BCUT2D eigenvalue weighted by molar-refractivity contribution is 0.130. The van der Waals surface area contributed by atoms with Gasteiger partial charge in [0.05, 0.1) is 6.61 Å². The molecule has 0 radical (unpaired) electrons. The van der Waals surface area contributed by atoms with Gasteiger partial charge >= 0.3 is 0 Å². The van der Waals surface area contributed by atoms with E-state index in [1.165, 1.54) is 5.57 Å². The lowest BCUT2D eigenvalue weighted by Crippen LogP contribution is -2.37. The van der Waals surface area contributed by atoms with Crippen LogP contribution in [0.2, 0.25) is 0 Å². The van der Waals surface area contributed by atoms with Gasteiger partial charge in [-0.3, -0.25) is 4.90 Å². The predicted molar refractivity (Wildman–Crippen MR) is 66.2 cm³/mol. The zero-order valence-corrected chi connectivity index (χ0v) is 10.5. The Morgan fingerprint density at radius 1 is 1.57 bits per heavy atom. The van der Waals surface area contributed by atoms with E-state index in [4.69, 9.17) is 4.74 Å². The maximum Gasteiger partial charge on any atom is 0.0589 e. The molecule has 1 atom stereocenters. The summed E-state index contributed by atoms with van der Waals surface area (Å²) in [5.74, 6) is 0.764. The third-order valence-electron chi connectivity index (χ3n) is 2.45. The first-order chi connectivity index (χ1) is 6.65. The maximum absolute atomic E-state index is 5.09. The summed E-state index contributed by atoms with van der Waals surface area (Å²) in [6.07, 6.45) is 1.16. The highest BCUT2D eigenvalue weighted by atomic mass is 32.1. The summed E-state index contributed by atoms with van der Waals surface area (Å²) in [4.78, 5) is 2.39. The minimum Gasteiger partial charge on any atom is -0.383 e. The highest BCUT2D eigenvalue weighted by Gasteiger charge is 2.11. The van der Waals surface area contributed by atoms with Gasteiger partial charge < -0.3 is 4.74 Å². The number of thiol groups is 1. The van der Waals surface area contributed by atoms with Crippen molar-refractivity contribution in [2.24, 2.45) is 0 Å². The van der Waals surface area contributed by atoms with Gasteiger partial charge in [-0.2, -0.15) is 12.6 Å². The van der Waals surface area contributed by atoms with Crippen LogP contribution in [0.5, 0.6) is 0 Å². The highest BCUT2D eigenvalue weighted by Crippen LogP contribution is 2.07. The van der Waals surface area contributed by atoms with E-state index < -0.39 is 0 Å². The fourth-order valence-electron chi connectivity index (χ4n) is 1.26. The van der Waals surface area contributed by atoms with Gasteiger partial charge in [0.1, 0.15) is 0 Å². The second-order valence-corrected chi connectivity index (χ2v) is 3.94. The van der Waals surface area contributed by atoms with Crippen LogP contribution in [0.4, 0.5) is 0 Å². The second-order valence-electron chi connectivity index (χ2n) is 3.63. The summed E-state index contributed by atoms with van der Waals surface area (Å²) in [7, 11) is 1.74. The number of hydrogen-bond donors (Lipinski definition) is 1. The Labute approximate surface area is 93.7 Å². The van der Waals surface area contributed by atoms with Crippen LogP contribution < -0.4 is 0 Å². The van der Waals surface area contributed by atoms with Crippen molar-refractivity contribution in [1.82, 2.24) is 4.90 Å². The van der Waals surface area contributed by atoms with Crippen molar-refractivity contribution < 1.29 is 4.74 Å². The Kier molecular flexibility index (Phi) is 8.34. The van der Waals surface area contributed by atoms with Gasteiger partial charge in [0.2, 0.25) is 0 Å². The highest BCUT2D eigenvalue weighted by molar-refractivity contribution is 7.80. The van der Waals surface area contributed by atoms with Crippen LogP contribution in [-0.4, -0.2) is 43.5 Å². The van der Waals surface area contributed by atoms with Crippen LogP contribution >= 0.6 is 12.6 Å². The van der Waals surface area contributed by atoms with Crippen LogP contribution in [0.1, 0.15) is 20.3 Å². The number of ether oxygens (including phenoxy) is 1.